The number of hydrogen-bond donors (Lipinski definition) is 0. The highest BCUT2D eigenvalue weighted by Crippen LogP contribution is 2.17. The van der Waals surface area contributed by atoms with Crippen molar-refractivity contribution in [2.75, 3.05) is 30.9 Å². The van der Waals surface area contributed by atoms with Crippen molar-refractivity contribution in [2.45, 2.75) is 18.7 Å². The first-order valence-corrected chi connectivity index (χ1v) is 7.75. The molecule has 5 nitrogen and oxygen atoms in total. The van der Waals surface area contributed by atoms with E-state index in [9.17, 15) is 13.2 Å². The first kappa shape index (κ1) is 15.5. The fourth-order valence-electron chi connectivity index (χ4n) is 1.57. The number of nitrogens with zero attached hydrogens (tertiary/aromatic N) is 1. The van der Waals surface area contributed by atoms with Crippen LogP contribution in [0.2, 0.25) is 0 Å². The summed E-state index contributed by atoms with van der Waals surface area (Å²) in [7, 11) is -1.43. The van der Waals surface area contributed by atoms with E-state index in [2.05, 4.69) is 0 Å². The fraction of sp³-hybridized carbons (Fsp3) is 0.462. The van der Waals surface area contributed by atoms with Gasteiger partial charge in [0.1, 0.15) is 6.54 Å². The second-order valence-electron chi connectivity index (χ2n) is 4.06. The summed E-state index contributed by atoms with van der Waals surface area (Å²) in [5.41, 5.74) is 0.767. The summed E-state index contributed by atoms with van der Waals surface area (Å²) < 4.78 is 28.2. The Balaban J connectivity index is 2.79. The average Bonchev–Trinajstić information content (AvgIpc) is 2.39. The maximum atomic E-state index is 11.7. The van der Waals surface area contributed by atoms with Crippen LogP contribution in [0.15, 0.2) is 29.2 Å². The van der Waals surface area contributed by atoms with Gasteiger partial charge in [0, 0.05) is 12.7 Å². The Hall–Kier alpha value is -1.56. The Morgan fingerprint density at radius 2 is 1.79 bits per heavy atom. The van der Waals surface area contributed by atoms with Crippen molar-refractivity contribution < 1.29 is 17.9 Å². The standard InChI is InChI=1S/C13H19NO4S/c1-4-18-13(15)10-14(3)11-6-8-12(9-7-11)19(16,17)5-2/h6-9H,4-5,10H2,1-3H3. The van der Waals surface area contributed by atoms with Crippen molar-refractivity contribution in [2.24, 2.45) is 0 Å². The molecule has 0 atom stereocenters. The van der Waals surface area contributed by atoms with E-state index in [-0.39, 0.29) is 18.3 Å². The Bertz CT molecular complexity index is 522. The molecule has 0 radical (unpaired) electrons. The first-order valence-electron chi connectivity index (χ1n) is 6.10. The molecule has 0 N–H and O–H groups in total. The molecule has 0 aromatic heterocycles. The molecule has 1 rings (SSSR count). The van der Waals surface area contributed by atoms with Crippen molar-refractivity contribution in [3.05, 3.63) is 24.3 Å². The van der Waals surface area contributed by atoms with Crippen molar-refractivity contribution in [1.82, 2.24) is 0 Å². The lowest BCUT2D eigenvalue weighted by atomic mass is 10.3. The number of benzene rings is 1. The topological polar surface area (TPSA) is 63.7 Å². The third-order valence-corrected chi connectivity index (χ3v) is 4.44. The largest absolute Gasteiger partial charge is 0.465 e. The minimum absolute atomic E-state index is 0.0744. The van der Waals surface area contributed by atoms with Crippen LogP contribution in [0.4, 0.5) is 5.69 Å². The Kier molecular flexibility index (Phi) is 5.35. The molecule has 0 heterocycles. The van der Waals surface area contributed by atoms with Crippen molar-refractivity contribution in [3.63, 3.8) is 0 Å². The molecular formula is C13H19NO4S. The van der Waals surface area contributed by atoms with E-state index in [1.54, 1.807) is 50.1 Å². The first-order chi connectivity index (χ1) is 8.90. The van der Waals surface area contributed by atoms with E-state index in [0.717, 1.165) is 5.69 Å². The molecule has 0 spiro atoms. The molecule has 1 aromatic carbocycles. The van der Waals surface area contributed by atoms with Gasteiger partial charge in [0.05, 0.1) is 17.3 Å². The van der Waals surface area contributed by atoms with Crippen LogP contribution in [0.1, 0.15) is 13.8 Å². The maximum Gasteiger partial charge on any atom is 0.325 e. The summed E-state index contributed by atoms with van der Waals surface area (Å²) in [6.07, 6.45) is 0. The summed E-state index contributed by atoms with van der Waals surface area (Å²) >= 11 is 0. The van der Waals surface area contributed by atoms with E-state index in [1.165, 1.54) is 0 Å². The fourth-order valence-corrected chi connectivity index (χ4v) is 2.45. The Morgan fingerprint density at radius 1 is 1.21 bits per heavy atom. The molecule has 0 unspecified atom stereocenters. The molecule has 0 aliphatic heterocycles. The zero-order chi connectivity index (χ0) is 14.5. The smallest absolute Gasteiger partial charge is 0.325 e. The predicted molar refractivity (Wildman–Crippen MR) is 74.1 cm³/mol. The number of rotatable bonds is 6. The monoisotopic (exact) mass is 285 g/mol. The summed E-state index contributed by atoms with van der Waals surface area (Å²) in [5.74, 6) is -0.236. The molecule has 106 valence electrons. The summed E-state index contributed by atoms with van der Waals surface area (Å²) in [4.78, 5) is 13.3. The minimum Gasteiger partial charge on any atom is -0.465 e. The minimum atomic E-state index is -3.18. The lowest BCUT2D eigenvalue weighted by Gasteiger charge is -2.18. The highest BCUT2D eigenvalue weighted by Gasteiger charge is 2.12. The van der Waals surface area contributed by atoms with Crippen LogP contribution in [-0.2, 0) is 19.4 Å². The zero-order valence-corrected chi connectivity index (χ0v) is 12.2. The highest BCUT2D eigenvalue weighted by molar-refractivity contribution is 7.91. The summed E-state index contributed by atoms with van der Waals surface area (Å²) in [6, 6.07) is 6.47. The molecule has 0 aliphatic carbocycles. The van der Waals surface area contributed by atoms with Crippen LogP contribution in [0.25, 0.3) is 0 Å². The van der Waals surface area contributed by atoms with Gasteiger partial charge in [-0.3, -0.25) is 4.79 Å². The molecule has 0 saturated heterocycles. The Morgan fingerprint density at radius 3 is 2.26 bits per heavy atom. The van der Waals surface area contributed by atoms with Crippen LogP contribution in [0.3, 0.4) is 0 Å². The molecule has 0 fully saturated rings. The molecule has 1 aromatic rings. The number of hydrogen-bond acceptors (Lipinski definition) is 5. The van der Waals surface area contributed by atoms with Crippen molar-refractivity contribution >= 4 is 21.5 Å². The van der Waals surface area contributed by atoms with Gasteiger partial charge in [0.15, 0.2) is 9.84 Å². The molecule has 0 amide bonds. The number of esters is 1. The van der Waals surface area contributed by atoms with Crippen molar-refractivity contribution in [1.29, 1.82) is 0 Å². The second kappa shape index (κ2) is 6.56. The number of likely N-dealkylation sites (N-methyl/N-ethyl adjacent to an activating group) is 1. The lowest BCUT2D eigenvalue weighted by Crippen LogP contribution is -2.27. The molecule has 0 bridgehead atoms. The quantitative estimate of drug-likeness (QED) is 0.741. The van der Waals surface area contributed by atoms with Gasteiger partial charge >= 0.3 is 5.97 Å². The number of sulfone groups is 1. The summed E-state index contributed by atoms with van der Waals surface area (Å²) in [6.45, 7) is 3.84. The van der Waals surface area contributed by atoms with Gasteiger partial charge < -0.3 is 9.64 Å². The number of ether oxygens (including phenoxy) is 1. The molecule has 0 aliphatic rings. The SMILES string of the molecule is CCOC(=O)CN(C)c1ccc(S(=O)(=O)CC)cc1. The highest BCUT2D eigenvalue weighted by atomic mass is 32.2. The molecule has 19 heavy (non-hydrogen) atoms. The number of carbonyl (C=O) groups is 1. The molecule has 0 saturated carbocycles. The van der Waals surface area contributed by atoms with Crippen LogP contribution in [0, 0.1) is 0 Å². The van der Waals surface area contributed by atoms with Crippen LogP contribution >= 0.6 is 0 Å². The van der Waals surface area contributed by atoms with Gasteiger partial charge in [-0.15, -0.1) is 0 Å². The average molecular weight is 285 g/mol. The zero-order valence-electron chi connectivity index (χ0n) is 11.4. The number of anilines is 1. The van der Waals surface area contributed by atoms with Crippen LogP contribution in [-0.4, -0.2) is 40.3 Å². The third kappa shape index (κ3) is 4.24. The summed E-state index contributed by atoms with van der Waals surface area (Å²) in [5, 5.41) is 0. The maximum absolute atomic E-state index is 11.7. The van der Waals surface area contributed by atoms with E-state index in [0.29, 0.717) is 11.5 Å². The molecular weight excluding hydrogens is 266 g/mol. The normalized spacial score (nSPS) is 11.1. The van der Waals surface area contributed by atoms with Gasteiger partial charge in [-0.1, -0.05) is 6.92 Å². The van der Waals surface area contributed by atoms with Gasteiger partial charge in [-0.25, -0.2) is 8.42 Å². The lowest BCUT2D eigenvalue weighted by molar-refractivity contribution is -0.141. The van der Waals surface area contributed by atoms with Crippen LogP contribution in [0.5, 0.6) is 0 Å². The van der Waals surface area contributed by atoms with Crippen LogP contribution < -0.4 is 4.90 Å². The van der Waals surface area contributed by atoms with E-state index >= 15 is 0 Å². The van der Waals surface area contributed by atoms with E-state index in [4.69, 9.17) is 4.74 Å². The van der Waals surface area contributed by atoms with Gasteiger partial charge in [0.25, 0.3) is 0 Å². The van der Waals surface area contributed by atoms with E-state index < -0.39 is 9.84 Å². The van der Waals surface area contributed by atoms with Gasteiger partial charge in [-0.2, -0.15) is 0 Å². The molecule has 6 heteroatoms. The van der Waals surface area contributed by atoms with Gasteiger partial charge in [0.2, 0.25) is 0 Å². The Labute approximate surface area is 114 Å². The van der Waals surface area contributed by atoms with E-state index in [1.807, 2.05) is 0 Å². The number of carbonyl (C=O) groups excluding carboxylic acids is 1. The second-order valence-corrected chi connectivity index (χ2v) is 6.34. The third-order valence-electron chi connectivity index (χ3n) is 2.69. The predicted octanol–water partition coefficient (Wildman–Crippen LogP) is 1.48. The van der Waals surface area contributed by atoms with Gasteiger partial charge in [-0.05, 0) is 31.2 Å². The van der Waals surface area contributed by atoms with Crippen molar-refractivity contribution in [3.8, 4) is 0 Å².